The van der Waals surface area contributed by atoms with E-state index in [4.69, 9.17) is 11.6 Å². The van der Waals surface area contributed by atoms with Crippen LogP contribution in [0.1, 0.15) is 17.0 Å². The molecule has 3 nitrogen and oxygen atoms in total. The van der Waals surface area contributed by atoms with E-state index < -0.39 is 0 Å². The predicted molar refractivity (Wildman–Crippen MR) is 101 cm³/mol. The molecule has 0 unspecified atom stereocenters. The Bertz CT molecular complexity index is 839. The maximum atomic E-state index is 11.8. The van der Waals surface area contributed by atoms with E-state index in [9.17, 15) is 4.79 Å². The Kier molecular flexibility index (Phi) is 5.62. The SMILES string of the molecule is O=C(/C=C/c1cccc(Cl)c1)NCCCc1nc2ccccc2s1. The van der Waals surface area contributed by atoms with Gasteiger partial charge in [0, 0.05) is 24.1 Å². The van der Waals surface area contributed by atoms with E-state index in [1.165, 1.54) is 10.8 Å². The van der Waals surface area contributed by atoms with Gasteiger partial charge in [-0.1, -0.05) is 35.9 Å². The van der Waals surface area contributed by atoms with Gasteiger partial charge in [0.25, 0.3) is 0 Å². The second-order valence-electron chi connectivity index (χ2n) is 5.36. The van der Waals surface area contributed by atoms with Crippen molar-refractivity contribution >= 4 is 45.1 Å². The molecule has 1 amide bonds. The van der Waals surface area contributed by atoms with Crippen LogP contribution in [0.5, 0.6) is 0 Å². The highest BCUT2D eigenvalue weighted by molar-refractivity contribution is 7.18. The Balaban J connectivity index is 1.43. The summed E-state index contributed by atoms with van der Waals surface area (Å²) >= 11 is 7.63. The average Bonchev–Trinajstić information content (AvgIpc) is 3.00. The summed E-state index contributed by atoms with van der Waals surface area (Å²) in [6, 6.07) is 15.5. The summed E-state index contributed by atoms with van der Waals surface area (Å²) in [7, 11) is 0. The van der Waals surface area contributed by atoms with Gasteiger partial charge in [0.05, 0.1) is 15.2 Å². The summed E-state index contributed by atoms with van der Waals surface area (Å²) in [5.41, 5.74) is 1.96. The van der Waals surface area contributed by atoms with Crippen LogP contribution < -0.4 is 5.32 Å². The number of amides is 1. The van der Waals surface area contributed by atoms with Gasteiger partial charge in [-0.2, -0.15) is 0 Å². The molecule has 1 heterocycles. The third kappa shape index (κ3) is 4.66. The lowest BCUT2D eigenvalue weighted by molar-refractivity contribution is -0.116. The first kappa shape index (κ1) is 16.7. The van der Waals surface area contributed by atoms with Crippen LogP contribution in [0.25, 0.3) is 16.3 Å². The zero-order valence-electron chi connectivity index (χ0n) is 13.0. The first-order valence-electron chi connectivity index (χ1n) is 7.77. The topological polar surface area (TPSA) is 42.0 Å². The quantitative estimate of drug-likeness (QED) is 0.513. The summed E-state index contributed by atoms with van der Waals surface area (Å²) in [5, 5.41) is 4.66. The van der Waals surface area contributed by atoms with Crippen molar-refractivity contribution in [2.75, 3.05) is 6.54 Å². The normalized spacial score (nSPS) is 11.2. The second-order valence-corrected chi connectivity index (χ2v) is 6.91. The molecule has 5 heteroatoms. The van der Waals surface area contributed by atoms with Crippen molar-refractivity contribution in [3.05, 3.63) is 70.2 Å². The summed E-state index contributed by atoms with van der Waals surface area (Å²) in [4.78, 5) is 16.4. The van der Waals surface area contributed by atoms with E-state index in [2.05, 4.69) is 16.4 Å². The molecule has 0 bridgehead atoms. The molecule has 3 aromatic rings. The van der Waals surface area contributed by atoms with Gasteiger partial charge in [-0.15, -0.1) is 11.3 Å². The largest absolute Gasteiger partial charge is 0.353 e. The highest BCUT2D eigenvalue weighted by Crippen LogP contribution is 2.22. The Hall–Kier alpha value is -2.17. The number of para-hydroxylation sites is 1. The van der Waals surface area contributed by atoms with E-state index in [1.807, 2.05) is 36.4 Å². The molecule has 0 radical (unpaired) electrons. The number of thiazole rings is 1. The van der Waals surface area contributed by atoms with Gasteiger partial charge in [0.15, 0.2) is 0 Å². The molecular formula is C19H17ClN2OS. The van der Waals surface area contributed by atoms with Crippen LogP contribution in [0, 0.1) is 0 Å². The third-order valence-electron chi connectivity index (χ3n) is 3.48. The molecule has 1 N–H and O–H groups in total. The highest BCUT2D eigenvalue weighted by atomic mass is 35.5. The number of hydrogen-bond donors (Lipinski definition) is 1. The zero-order chi connectivity index (χ0) is 16.8. The number of nitrogens with zero attached hydrogens (tertiary/aromatic N) is 1. The Morgan fingerprint density at radius 2 is 2.08 bits per heavy atom. The summed E-state index contributed by atoms with van der Waals surface area (Å²) in [6.07, 6.45) is 5.03. The molecule has 0 fully saturated rings. The van der Waals surface area contributed by atoms with Crippen molar-refractivity contribution in [3.8, 4) is 0 Å². The number of carbonyl (C=O) groups excluding carboxylic acids is 1. The van der Waals surface area contributed by atoms with Crippen LogP contribution in [-0.4, -0.2) is 17.4 Å². The first-order chi connectivity index (χ1) is 11.7. The molecule has 122 valence electrons. The number of carbonyl (C=O) groups is 1. The number of aromatic nitrogens is 1. The van der Waals surface area contributed by atoms with Gasteiger partial charge in [-0.3, -0.25) is 4.79 Å². The maximum Gasteiger partial charge on any atom is 0.243 e. The van der Waals surface area contributed by atoms with Crippen LogP contribution in [-0.2, 0) is 11.2 Å². The van der Waals surface area contributed by atoms with Crippen LogP contribution in [0.3, 0.4) is 0 Å². The molecule has 24 heavy (non-hydrogen) atoms. The third-order valence-corrected chi connectivity index (χ3v) is 4.81. The fourth-order valence-electron chi connectivity index (χ4n) is 2.32. The van der Waals surface area contributed by atoms with E-state index in [0.29, 0.717) is 11.6 Å². The standard InChI is InChI=1S/C19H17ClN2OS/c20-15-6-3-5-14(13-15)10-11-18(23)21-12-4-9-19-22-16-7-1-2-8-17(16)24-19/h1-3,5-8,10-11,13H,4,9,12H2,(H,21,23)/b11-10+. The number of rotatable bonds is 6. The van der Waals surface area contributed by atoms with E-state index in [1.54, 1.807) is 23.5 Å². The van der Waals surface area contributed by atoms with Gasteiger partial charge in [0.2, 0.25) is 5.91 Å². The lowest BCUT2D eigenvalue weighted by Gasteiger charge is -2.00. The fourth-order valence-corrected chi connectivity index (χ4v) is 3.53. The van der Waals surface area contributed by atoms with Crippen molar-refractivity contribution < 1.29 is 4.79 Å². The van der Waals surface area contributed by atoms with Gasteiger partial charge < -0.3 is 5.32 Å². The minimum Gasteiger partial charge on any atom is -0.353 e. The second kappa shape index (κ2) is 8.08. The van der Waals surface area contributed by atoms with Crippen LogP contribution in [0.15, 0.2) is 54.6 Å². The minimum absolute atomic E-state index is 0.0979. The molecular weight excluding hydrogens is 340 g/mol. The maximum absolute atomic E-state index is 11.8. The Labute approximate surface area is 150 Å². The van der Waals surface area contributed by atoms with Crippen LogP contribution >= 0.6 is 22.9 Å². The number of benzene rings is 2. The van der Waals surface area contributed by atoms with Crippen molar-refractivity contribution in [2.45, 2.75) is 12.8 Å². The molecule has 0 saturated heterocycles. The van der Waals surface area contributed by atoms with Crippen molar-refractivity contribution in [3.63, 3.8) is 0 Å². The number of nitrogens with one attached hydrogen (secondary N) is 1. The minimum atomic E-state index is -0.0979. The zero-order valence-corrected chi connectivity index (χ0v) is 14.6. The highest BCUT2D eigenvalue weighted by Gasteiger charge is 2.03. The molecule has 1 aromatic heterocycles. The molecule has 0 aliphatic carbocycles. The van der Waals surface area contributed by atoms with Crippen LogP contribution in [0.2, 0.25) is 5.02 Å². The van der Waals surface area contributed by atoms with E-state index >= 15 is 0 Å². The summed E-state index contributed by atoms with van der Waals surface area (Å²) < 4.78 is 1.21. The predicted octanol–water partition coefficient (Wildman–Crippen LogP) is 4.71. The van der Waals surface area contributed by atoms with Crippen molar-refractivity contribution in [1.29, 1.82) is 0 Å². The Morgan fingerprint density at radius 3 is 2.92 bits per heavy atom. The average molecular weight is 357 g/mol. The lowest BCUT2D eigenvalue weighted by atomic mass is 10.2. The van der Waals surface area contributed by atoms with Crippen molar-refractivity contribution in [1.82, 2.24) is 10.3 Å². The smallest absolute Gasteiger partial charge is 0.243 e. The summed E-state index contributed by atoms with van der Waals surface area (Å²) in [5.74, 6) is -0.0979. The molecule has 2 aromatic carbocycles. The molecule has 3 rings (SSSR count). The van der Waals surface area contributed by atoms with Crippen LogP contribution in [0.4, 0.5) is 0 Å². The lowest BCUT2D eigenvalue weighted by Crippen LogP contribution is -2.22. The van der Waals surface area contributed by atoms with E-state index in [-0.39, 0.29) is 5.91 Å². The summed E-state index contributed by atoms with van der Waals surface area (Å²) in [6.45, 7) is 0.634. The van der Waals surface area contributed by atoms with E-state index in [0.717, 1.165) is 28.9 Å². The molecule has 0 saturated carbocycles. The number of fused-ring (bicyclic) bond motifs is 1. The molecule has 0 aliphatic rings. The number of halogens is 1. The molecule has 0 spiro atoms. The Morgan fingerprint density at radius 1 is 1.21 bits per heavy atom. The fraction of sp³-hybridized carbons (Fsp3) is 0.158. The van der Waals surface area contributed by atoms with Gasteiger partial charge in [-0.25, -0.2) is 4.98 Å². The number of hydrogen-bond acceptors (Lipinski definition) is 3. The van der Waals surface area contributed by atoms with Gasteiger partial charge in [-0.05, 0) is 42.3 Å². The molecule has 0 aliphatic heterocycles. The van der Waals surface area contributed by atoms with Gasteiger partial charge >= 0.3 is 0 Å². The van der Waals surface area contributed by atoms with Crippen molar-refractivity contribution in [2.24, 2.45) is 0 Å². The first-order valence-corrected chi connectivity index (χ1v) is 8.96. The van der Waals surface area contributed by atoms with Gasteiger partial charge in [0.1, 0.15) is 0 Å². The molecule has 0 atom stereocenters. The number of aryl methyl sites for hydroxylation is 1. The monoisotopic (exact) mass is 356 g/mol.